The van der Waals surface area contributed by atoms with Gasteiger partial charge in [0, 0.05) is 29.4 Å². The van der Waals surface area contributed by atoms with Crippen LogP contribution in [0.5, 0.6) is 0 Å². The Kier molecular flexibility index (Phi) is 2.87. The van der Waals surface area contributed by atoms with Gasteiger partial charge in [-0.1, -0.05) is 0 Å². The number of hydrogen-bond donors (Lipinski definition) is 2. The van der Waals surface area contributed by atoms with Crippen LogP contribution >= 0.6 is 22.9 Å². The maximum absolute atomic E-state index is 10.8. The van der Waals surface area contributed by atoms with Crippen molar-refractivity contribution < 1.29 is 10.0 Å². The highest BCUT2D eigenvalue weighted by atomic mass is 127. The average Bonchev–Trinajstić information content (AvgIpc) is 2.34. The number of hydrogen-bond acceptors (Lipinski definition) is 3. The molecule has 0 aromatic carbocycles. The standard InChI is InChI=1S/C5H9IN2O2/c6-8-3-1-2-4(8)5(9)7-10/h4,10H,1-3H2,(H,7,9). The summed E-state index contributed by atoms with van der Waals surface area (Å²) in [5, 5.41) is 8.28. The highest BCUT2D eigenvalue weighted by Crippen LogP contribution is 2.20. The van der Waals surface area contributed by atoms with E-state index in [-0.39, 0.29) is 11.9 Å². The van der Waals surface area contributed by atoms with E-state index >= 15 is 0 Å². The molecule has 0 radical (unpaired) electrons. The van der Waals surface area contributed by atoms with E-state index in [1.807, 2.05) is 3.11 Å². The molecule has 4 nitrogen and oxygen atoms in total. The Morgan fingerprint density at radius 3 is 2.90 bits per heavy atom. The second-order valence-corrected chi connectivity index (χ2v) is 3.50. The molecule has 1 atom stereocenters. The van der Waals surface area contributed by atoms with Crippen LogP contribution in [0.1, 0.15) is 12.8 Å². The first kappa shape index (κ1) is 8.22. The minimum atomic E-state index is -0.299. The van der Waals surface area contributed by atoms with Gasteiger partial charge >= 0.3 is 0 Å². The normalized spacial score (nSPS) is 26.8. The van der Waals surface area contributed by atoms with Gasteiger partial charge in [-0.3, -0.25) is 10.0 Å². The van der Waals surface area contributed by atoms with Gasteiger partial charge in [0.25, 0.3) is 5.91 Å². The molecule has 1 amide bonds. The van der Waals surface area contributed by atoms with Gasteiger partial charge in [0.15, 0.2) is 0 Å². The zero-order chi connectivity index (χ0) is 7.56. The third kappa shape index (κ3) is 1.58. The number of amides is 1. The van der Waals surface area contributed by atoms with Gasteiger partial charge in [-0.2, -0.15) is 0 Å². The number of nitrogens with zero attached hydrogens (tertiary/aromatic N) is 1. The average molecular weight is 256 g/mol. The summed E-state index contributed by atoms with van der Waals surface area (Å²) in [6.07, 6.45) is 1.87. The molecule has 0 aromatic heterocycles. The topological polar surface area (TPSA) is 52.6 Å². The third-order valence-corrected chi connectivity index (χ3v) is 2.76. The molecule has 0 spiro atoms. The highest BCUT2D eigenvalue weighted by molar-refractivity contribution is 14.1. The fraction of sp³-hybridized carbons (Fsp3) is 0.800. The molecule has 58 valence electrons. The lowest BCUT2D eigenvalue weighted by atomic mass is 10.2. The molecule has 0 aliphatic carbocycles. The second kappa shape index (κ2) is 3.49. The van der Waals surface area contributed by atoms with E-state index < -0.39 is 0 Å². The van der Waals surface area contributed by atoms with E-state index in [9.17, 15) is 4.79 Å². The van der Waals surface area contributed by atoms with Gasteiger partial charge in [-0.25, -0.2) is 8.59 Å². The molecule has 1 fully saturated rings. The van der Waals surface area contributed by atoms with Crippen LogP contribution in [0.25, 0.3) is 0 Å². The van der Waals surface area contributed by atoms with Crippen LogP contribution in [0.2, 0.25) is 0 Å². The van der Waals surface area contributed by atoms with E-state index in [0.29, 0.717) is 0 Å². The molecular formula is C5H9IN2O2. The summed E-state index contributed by atoms with van der Waals surface area (Å²) in [6, 6.07) is -0.134. The number of hydroxylamine groups is 1. The lowest BCUT2D eigenvalue weighted by molar-refractivity contribution is -0.132. The van der Waals surface area contributed by atoms with Gasteiger partial charge in [0.2, 0.25) is 0 Å². The van der Waals surface area contributed by atoms with Crippen LogP contribution < -0.4 is 5.48 Å². The maximum atomic E-state index is 10.8. The molecule has 1 saturated heterocycles. The zero-order valence-electron chi connectivity index (χ0n) is 5.38. The van der Waals surface area contributed by atoms with Gasteiger partial charge < -0.3 is 0 Å². The fourth-order valence-corrected chi connectivity index (χ4v) is 1.94. The van der Waals surface area contributed by atoms with E-state index in [4.69, 9.17) is 5.21 Å². The monoisotopic (exact) mass is 256 g/mol. The van der Waals surface area contributed by atoms with Crippen LogP contribution in [0, 0.1) is 0 Å². The van der Waals surface area contributed by atoms with Gasteiger partial charge in [-0.05, 0) is 12.8 Å². The van der Waals surface area contributed by atoms with Gasteiger partial charge in [-0.15, -0.1) is 0 Å². The van der Waals surface area contributed by atoms with Crippen molar-refractivity contribution in [1.29, 1.82) is 0 Å². The molecule has 5 heteroatoms. The van der Waals surface area contributed by atoms with Crippen molar-refractivity contribution in [2.45, 2.75) is 18.9 Å². The highest BCUT2D eigenvalue weighted by Gasteiger charge is 2.28. The van der Waals surface area contributed by atoms with Crippen molar-refractivity contribution >= 4 is 28.8 Å². The number of halogens is 1. The minimum Gasteiger partial charge on any atom is -0.289 e. The molecule has 0 bridgehead atoms. The Morgan fingerprint density at radius 1 is 1.80 bits per heavy atom. The summed E-state index contributed by atoms with van der Waals surface area (Å²) >= 11 is 2.09. The summed E-state index contributed by atoms with van der Waals surface area (Å²) in [5.41, 5.74) is 1.65. The van der Waals surface area contributed by atoms with Crippen molar-refractivity contribution in [2.75, 3.05) is 6.54 Å². The maximum Gasteiger partial charge on any atom is 0.261 e. The van der Waals surface area contributed by atoms with Crippen molar-refractivity contribution in [3.63, 3.8) is 0 Å². The molecule has 1 rings (SSSR count). The van der Waals surface area contributed by atoms with E-state index in [1.54, 1.807) is 5.48 Å². The lowest BCUT2D eigenvalue weighted by Gasteiger charge is -2.13. The van der Waals surface area contributed by atoms with E-state index in [2.05, 4.69) is 22.9 Å². The third-order valence-electron chi connectivity index (χ3n) is 1.60. The van der Waals surface area contributed by atoms with Crippen molar-refractivity contribution in [2.24, 2.45) is 0 Å². The van der Waals surface area contributed by atoms with Crippen molar-refractivity contribution in [3.05, 3.63) is 0 Å². The summed E-state index contributed by atoms with van der Waals surface area (Å²) in [4.78, 5) is 10.8. The van der Waals surface area contributed by atoms with Crippen LogP contribution in [0.3, 0.4) is 0 Å². The van der Waals surface area contributed by atoms with Crippen LogP contribution in [0.15, 0.2) is 0 Å². The molecule has 10 heavy (non-hydrogen) atoms. The molecule has 1 aliphatic heterocycles. The van der Waals surface area contributed by atoms with E-state index in [0.717, 1.165) is 19.4 Å². The second-order valence-electron chi connectivity index (χ2n) is 2.26. The van der Waals surface area contributed by atoms with Crippen LogP contribution in [-0.4, -0.2) is 26.8 Å². The zero-order valence-corrected chi connectivity index (χ0v) is 7.54. The summed E-state index contributed by atoms with van der Waals surface area (Å²) in [7, 11) is 0. The smallest absolute Gasteiger partial charge is 0.261 e. The van der Waals surface area contributed by atoms with Crippen LogP contribution in [-0.2, 0) is 4.79 Å². The summed E-state index contributed by atoms with van der Waals surface area (Å²) in [5.74, 6) is -0.299. The SMILES string of the molecule is O=C(NO)C1CCCN1I. The largest absolute Gasteiger partial charge is 0.289 e. The lowest BCUT2D eigenvalue weighted by Crippen LogP contribution is -2.37. The number of carbonyl (C=O) groups is 1. The molecule has 1 aliphatic rings. The predicted molar refractivity (Wildman–Crippen MR) is 43.7 cm³/mol. The van der Waals surface area contributed by atoms with Gasteiger partial charge in [0.05, 0.1) is 0 Å². The summed E-state index contributed by atoms with van der Waals surface area (Å²) < 4.78 is 1.91. The predicted octanol–water partition coefficient (Wildman–Crippen LogP) is 0.306. The molecule has 1 unspecified atom stereocenters. The molecule has 1 heterocycles. The Morgan fingerprint density at radius 2 is 2.50 bits per heavy atom. The Hall–Kier alpha value is 0.120. The molecule has 0 aromatic rings. The first-order valence-electron chi connectivity index (χ1n) is 3.12. The number of nitrogens with one attached hydrogen (secondary N) is 1. The van der Waals surface area contributed by atoms with Crippen LogP contribution in [0.4, 0.5) is 0 Å². The van der Waals surface area contributed by atoms with E-state index in [1.165, 1.54) is 0 Å². The molecule has 2 N–H and O–H groups in total. The van der Waals surface area contributed by atoms with Crippen molar-refractivity contribution in [3.8, 4) is 0 Å². The fourth-order valence-electron chi connectivity index (χ4n) is 1.06. The Bertz CT molecular complexity index is 142. The number of rotatable bonds is 1. The molecule has 0 saturated carbocycles. The first-order valence-corrected chi connectivity index (χ1v) is 4.08. The quantitative estimate of drug-likeness (QED) is 0.307. The Labute approximate surface area is 73.0 Å². The minimum absolute atomic E-state index is 0.134. The first-order chi connectivity index (χ1) is 4.75. The molecular weight excluding hydrogens is 247 g/mol. The van der Waals surface area contributed by atoms with Crippen molar-refractivity contribution in [1.82, 2.24) is 8.59 Å². The Balaban J connectivity index is 2.46. The number of carbonyl (C=O) groups excluding carboxylic acids is 1. The summed E-state index contributed by atoms with van der Waals surface area (Å²) in [6.45, 7) is 0.929. The van der Waals surface area contributed by atoms with Gasteiger partial charge in [0.1, 0.15) is 6.04 Å².